The van der Waals surface area contributed by atoms with E-state index in [0.29, 0.717) is 33.4 Å². The summed E-state index contributed by atoms with van der Waals surface area (Å²) < 4.78 is 0. The van der Waals surface area contributed by atoms with Crippen LogP contribution in [0.5, 0.6) is 5.75 Å². The van der Waals surface area contributed by atoms with E-state index in [1.54, 1.807) is 30.3 Å². The van der Waals surface area contributed by atoms with Gasteiger partial charge in [0, 0.05) is 107 Å². The molecule has 4 aliphatic heterocycles. The van der Waals surface area contributed by atoms with E-state index < -0.39 is 35.4 Å². The zero-order chi connectivity index (χ0) is 51.0. The standard InChI is InChI=1S/C54H67ClN12O6/c1-4-34-9-10-36(42(55)23-34)28-57-50(72)45-24-40(69)33-67(45)51(73)47(53(2,3)15-22-68)60-49(71)35-11-13-54(14-12-35)26-37(27-54)63-16-18-64(19-17-63)38-29-58-52(59-30-38)65-20-21-66-39(32-65)31-56-48-44(66)25-43(61-62-48)41-7-5-6-8-46(41)70/h1,5-10,23,25,29-30,35,37,39-40,45,47,68-70H,11-22,24,26-28,31-33H2,2-3H3,(H,56,62)(H,57,72)(H,60,71)/t35?,37?,39-,40+,45-,47+,54?/m0/s1. The number of phenolic OH excluding ortho intramolecular Hbond substituents is 1. The Balaban J connectivity index is 0.680. The third kappa shape index (κ3) is 10.5. The lowest BCUT2D eigenvalue weighted by molar-refractivity contribution is -0.145. The van der Waals surface area contributed by atoms with E-state index >= 15 is 0 Å². The number of aliphatic hydroxyl groups excluding tert-OH is 2. The zero-order valence-corrected chi connectivity index (χ0v) is 42.5. The molecule has 6 heterocycles. The van der Waals surface area contributed by atoms with E-state index in [1.807, 2.05) is 44.4 Å². The summed E-state index contributed by atoms with van der Waals surface area (Å²) in [6, 6.07) is 13.1. The molecule has 1 spiro atoms. The van der Waals surface area contributed by atoms with E-state index in [9.17, 15) is 29.7 Å². The topological polar surface area (TPSA) is 216 Å². The number of hydrogen-bond acceptors (Lipinski definition) is 15. The average Bonchev–Trinajstić information content (AvgIpc) is 3.80. The van der Waals surface area contributed by atoms with Crippen LogP contribution in [0.15, 0.2) is 60.9 Å². The molecule has 0 bridgehead atoms. The van der Waals surface area contributed by atoms with Gasteiger partial charge >= 0.3 is 0 Å². The number of terminal acetylenes is 1. The Morgan fingerprint density at radius 1 is 0.945 bits per heavy atom. The van der Waals surface area contributed by atoms with Crippen LogP contribution in [0.25, 0.3) is 11.3 Å². The van der Waals surface area contributed by atoms with Crippen molar-refractivity contribution in [2.45, 2.75) is 102 Å². The number of aliphatic hydroxyl groups is 2. The molecular weight excluding hydrogens is 948 g/mol. The maximum absolute atomic E-state index is 14.4. The van der Waals surface area contributed by atoms with Gasteiger partial charge < -0.3 is 50.9 Å². The van der Waals surface area contributed by atoms with Crippen molar-refractivity contribution in [3.05, 3.63) is 77.1 Å². The number of aromatic nitrogens is 4. The minimum Gasteiger partial charge on any atom is -0.507 e. The van der Waals surface area contributed by atoms with Gasteiger partial charge in [0.1, 0.15) is 17.8 Å². The van der Waals surface area contributed by atoms with Crippen molar-refractivity contribution in [1.29, 1.82) is 0 Å². The number of fused-ring (bicyclic) bond motifs is 3. The van der Waals surface area contributed by atoms with Crippen LogP contribution >= 0.6 is 11.6 Å². The number of β-amino-alcohol motifs (C(OH)–C–C–N with tert-alkyl or cyclic N) is 1. The predicted octanol–water partition coefficient (Wildman–Crippen LogP) is 4.03. The number of amides is 3. The number of nitrogens with one attached hydrogen (secondary N) is 3. The Morgan fingerprint density at radius 3 is 2.40 bits per heavy atom. The van der Waals surface area contributed by atoms with Crippen LogP contribution in [0.3, 0.4) is 0 Å². The highest BCUT2D eigenvalue weighted by Gasteiger charge is 2.50. The fraction of sp³-hybridized carbons (Fsp3) is 0.537. The number of piperazine rings is 2. The van der Waals surface area contributed by atoms with Crippen LogP contribution in [0.2, 0.25) is 5.02 Å². The van der Waals surface area contributed by atoms with Crippen molar-refractivity contribution in [2.24, 2.45) is 16.7 Å². The molecule has 3 amide bonds. The minimum absolute atomic E-state index is 0.0444. The smallest absolute Gasteiger partial charge is 0.246 e. The monoisotopic (exact) mass is 1010 g/mol. The van der Waals surface area contributed by atoms with Crippen molar-refractivity contribution in [2.75, 3.05) is 85.5 Å². The van der Waals surface area contributed by atoms with Crippen molar-refractivity contribution >= 4 is 52.5 Å². The van der Waals surface area contributed by atoms with Gasteiger partial charge in [-0.25, -0.2) is 9.97 Å². The largest absolute Gasteiger partial charge is 0.507 e. The SMILES string of the molecule is C#Cc1ccc(CNC(=O)[C@@H]2C[C@@H](O)CN2C(=O)[C@@H](NC(=O)C2CCC3(CC2)CC(N2CCN(c4cnc(N5CCN6c7cc(-c8ccccc8O)nnc7NC[C@H]6C5)nc4)CC2)C3)C(C)(C)CCO)c(Cl)c1. The van der Waals surface area contributed by atoms with Crippen LogP contribution in [0.4, 0.5) is 23.1 Å². The van der Waals surface area contributed by atoms with Crippen molar-refractivity contribution in [3.63, 3.8) is 0 Å². The number of hydrogen-bond donors (Lipinski definition) is 6. The second-order valence-corrected chi connectivity index (χ2v) is 22.1. The number of para-hydroxylation sites is 1. The van der Waals surface area contributed by atoms with Gasteiger partial charge in [0.15, 0.2) is 5.82 Å². The maximum atomic E-state index is 14.4. The quantitative estimate of drug-likeness (QED) is 0.104. The van der Waals surface area contributed by atoms with E-state index in [4.69, 9.17) is 28.0 Å². The van der Waals surface area contributed by atoms with Gasteiger partial charge in [-0.05, 0) is 91.7 Å². The van der Waals surface area contributed by atoms with Crippen molar-refractivity contribution in [3.8, 4) is 29.4 Å². The molecule has 0 unspecified atom stereocenters. The van der Waals surface area contributed by atoms with Gasteiger partial charge in [-0.3, -0.25) is 19.3 Å². The molecule has 0 radical (unpaired) electrons. The molecule has 4 atom stereocenters. The third-order valence-electron chi connectivity index (χ3n) is 16.7. The Morgan fingerprint density at radius 2 is 1.68 bits per heavy atom. The number of anilines is 4. The van der Waals surface area contributed by atoms with Gasteiger partial charge in [-0.2, -0.15) is 0 Å². The number of nitrogens with zero attached hydrogens (tertiary/aromatic N) is 9. The zero-order valence-electron chi connectivity index (χ0n) is 41.7. The van der Waals surface area contributed by atoms with Crippen LogP contribution in [0, 0.1) is 29.1 Å². The first-order valence-corrected chi connectivity index (χ1v) is 26.2. The maximum Gasteiger partial charge on any atom is 0.246 e. The summed E-state index contributed by atoms with van der Waals surface area (Å²) in [6.45, 7) is 10.3. The number of phenols is 1. The average molecular weight is 1020 g/mol. The first-order valence-electron chi connectivity index (χ1n) is 25.9. The van der Waals surface area contributed by atoms with Crippen LogP contribution in [-0.2, 0) is 20.9 Å². The van der Waals surface area contributed by atoms with Crippen LogP contribution < -0.4 is 30.7 Å². The summed E-state index contributed by atoms with van der Waals surface area (Å²) in [7, 11) is 0. The molecule has 18 nitrogen and oxygen atoms in total. The molecule has 386 valence electrons. The summed E-state index contributed by atoms with van der Waals surface area (Å²) in [5, 5.41) is 49.8. The van der Waals surface area contributed by atoms with Gasteiger partial charge in [0.25, 0.3) is 0 Å². The van der Waals surface area contributed by atoms with Gasteiger partial charge in [0.05, 0.1) is 41.6 Å². The third-order valence-corrected chi connectivity index (χ3v) is 17.1. The molecule has 3 saturated heterocycles. The van der Waals surface area contributed by atoms with E-state index in [-0.39, 0.29) is 61.6 Å². The second-order valence-electron chi connectivity index (χ2n) is 21.7. The molecule has 2 aliphatic carbocycles. The first-order chi connectivity index (χ1) is 35.2. The van der Waals surface area contributed by atoms with E-state index in [2.05, 4.69) is 51.7 Å². The molecule has 5 fully saturated rings. The Hall–Kier alpha value is -6.26. The number of likely N-dealkylation sites (tertiary alicyclic amines) is 1. The summed E-state index contributed by atoms with van der Waals surface area (Å²) in [6.07, 6.45) is 14.4. The van der Waals surface area contributed by atoms with Crippen LogP contribution in [0.1, 0.15) is 76.3 Å². The normalized spacial score (nSPS) is 25.5. The fourth-order valence-electron chi connectivity index (χ4n) is 12.2. The van der Waals surface area contributed by atoms with Crippen molar-refractivity contribution < 1.29 is 29.7 Å². The highest BCUT2D eigenvalue weighted by molar-refractivity contribution is 6.31. The molecule has 6 aliphatic rings. The van der Waals surface area contributed by atoms with Gasteiger partial charge in [-0.15, -0.1) is 16.6 Å². The summed E-state index contributed by atoms with van der Waals surface area (Å²) in [5.74, 6) is 2.89. The van der Waals surface area contributed by atoms with Crippen molar-refractivity contribution in [1.82, 2.24) is 40.6 Å². The van der Waals surface area contributed by atoms with Gasteiger partial charge in [0.2, 0.25) is 23.7 Å². The lowest BCUT2D eigenvalue weighted by atomic mass is 9.56. The number of benzene rings is 2. The molecule has 2 aromatic heterocycles. The number of carbonyl (C=O) groups excluding carboxylic acids is 3. The molecule has 2 saturated carbocycles. The highest BCUT2D eigenvalue weighted by atomic mass is 35.5. The highest BCUT2D eigenvalue weighted by Crippen LogP contribution is 2.54. The number of aromatic hydroxyl groups is 1. The molecule has 6 N–H and O–H groups in total. The predicted molar refractivity (Wildman–Crippen MR) is 279 cm³/mol. The molecule has 4 aromatic rings. The molecule has 2 aromatic carbocycles. The molecule has 19 heteroatoms. The number of rotatable bonds is 13. The number of halogens is 1. The van der Waals surface area contributed by atoms with E-state index in [0.717, 1.165) is 114 Å². The molecule has 73 heavy (non-hydrogen) atoms. The Bertz CT molecular complexity index is 2710. The molecular formula is C54H67ClN12O6. The molecule has 10 rings (SSSR count). The number of carbonyl (C=O) groups is 3. The minimum atomic E-state index is -1.01. The first kappa shape index (κ1) is 50.3. The second kappa shape index (κ2) is 20.9. The summed E-state index contributed by atoms with van der Waals surface area (Å²) in [5.41, 5.74) is 3.98. The van der Waals surface area contributed by atoms with Gasteiger partial charge in [-0.1, -0.05) is 49.6 Å². The Labute approximate surface area is 431 Å². The lowest BCUT2D eigenvalue weighted by Gasteiger charge is -2.56. The van der Waals surface area contributed by atoms with Crippen LogP contribution in [-0.4, -0.2) is 159 Å². The van der Waals surface area contributed by atoms with E-state index in [1.165, 1.54) is 4.90 Å². The summed E-state index contributed by atoms with van der Waals surface area (Å²) >= 11 is 6.40. The Kier molecular flexibility index (Phi) is 14.4. The summed E-state index contributed by atoms with van der Waals surface area (Å²) in [4.78, 5) is 62.8. The lowest BCUT2D eigenvalue weighted by Crippen LogP contribution is -2.60. The fourth-order valence-corrected chi connectivity index (χ4v) is 12.5.